The largest absolute Gasteiger partial charge is 0.465 e. The fourth-order valence-electron chi connectivity index (χ4n) is 2.46. The van der Waals surface area contributed by atoms with Crippen molar-refractivity contribution in [1.29, 1.82) is 0 Å². The molecular weight excluding hydrogens is 284 g/mol. The lowest BCUT2D eigenvalue weighted by Gasteiger charge is -2.05. The predicted octanol–water partition coefficient (Wildman–Crippen LogP) is 3.32. The Kier molecular flexibility index (Phi) is 3.51. The van der Waals surface area contributed by atoms with Crippen molar-refractivity contribution in [2.24, 2.45) is 7.05 Å². The van der Waals surface area contributed by atoms with Crippen LogP contribution in [-0.2, 0) is 18.2 Å². The second-order valence-corrected chi connectivity index (χ2v) is 5.85. The maximum absolute atomic E-state index is 11.9. The van der Waals surface area contributed by atoms with Crippen LogP contribution < -0.4 is 0 Å². The summed E-state index contributed by atoms with van der Waals surface area (Å²) in [6.45, 7) is 2.01. The number of thiophene rings is 1. The third-order valence-electron chi connectivity index (χ3n) is 3.69. The number of carbonyl (C=O) groups excluding carboxylic acids is 1. The molecule has 0 aliphatic rings. The lowest BCUT2D eigenvalue weighted by molar-refractivity contribution is 0.0605. The second-order valence-electron chi connectivity index (χ2n) is 4.97. The summed E-state index contributed by atoms with van der Waals surface area (Å²) in [7, 11) is 3.42. The summed E-state index contributed by atoms with van der Waals surface area (Å²) in [4.78, 5) is 17.2. The molecule has 21 heavy (non-hydrogen) atoms. The van der Waals surface area contributed by atoms with Crippen molar-refractivity contribution in [2.45, 2.75) is 13.3 Å². The number of ether oxygens (including phenoxy) is 1. The summed E-state index contributed by atoms with van der Waals surface area (Å²) in [5, 5.41) is 1.99. The average Bonchev–Trinajstić information content (AvgIpc) is 3.01. The summed E-state index contributed by atoms with van der Waals surface area (Å²) in [6.07, 6.45) is 0.630. The first-order valence-electron chi connectivity index (χ1n) is 6.67. The van der Waals surface area contributed by atoms with E-state index >= 15 is 0 Å². The van der Waals surface area contributed by atoms with Crippen molar-refractivity contribution in [2.75, 3.05) is 7.11 Å². The van der Waals surface area contributed by atoms with E-state index in [-0.39, 0.29) is 5.97 Å². The average molecular weight is 300 g/mol. The lowest BCUT2D eigenvalue weighted by atomic mass is 10.1. The topological polar surface area (TPSA) is 44.1 Å². The number of aryl methyl sites for hydroxylation is 2. The number of esters is 1. The fourth-order valence-corrected chi connectivity index (χ4v) is 3.46. The van der Waals surface area contributed by atoms with Gasteiger partial charge in [0.2, 0.25) is 0 Å². The van der Waals surface area contributed by atoms with Crippen molar-refractivity contribution in [3.63, 3.8) is 0 Å². The quantitative estimate of drug-likeness (QED) is 0.697. The van der Waals surface area contributed by atoms with Gasteiger partial charge in [-0.2, -0.15) is 0 Å². The number of aromatic nitrogens is 2. The lowest BCUT2D eigenvalue weighted by Crippen LogP contribution is -2.06. The van der Waals surface area contributed by atoms with Crippen molar-refractivity contribution in [3.8, 4) is 0 Å². The Balaban J connectivity index is 2.05. The smallest absolute Gasteiger partial charge is 0.348 e. The standard InChI is InChI=1S/C16H16N2O2S/c1-10-9-21-15(16(19)20-3)11(10)8-14-17-12-6-4-5-7-13(12)18(14)2/h4-7,9H,8H2,1-3H3. The molecule has 108 valence electrons. The van der Waals surface area contributed by atoms with Crippen molar-refractivity contribution in [1.82, 2.24) is 9.55 Å². The molecule has 5 heteroatoms. The van der Waals surface area contributed by atoms with Crippen molar-refractivity contribution >= 4 is 28.3 Å². The Morgan fingerprint density at radius 3 is 2.86 bits per heavy atom. The molecule has 0 amide bonds. The van der Waals surface area contributed by atoms with Gasteiger partial charge >= 0.3 is 5.97 Å². The van der Waals surface area contributed by atoms with Crippen LogP contribution in [0.1, 0.15) is 26.6 Å². The summed E-state index contributed by atoms with van der Waals surface area (Å²) >= 11 is 1.43. The van der Waals surface area contributed by atoms with Crippen LogP contribution in [0.3, 0.4) is 0 Å². The highest BCUT2D eigenvalue weighted by Gasteiger charge is 2.19. The Morgan fingerprint density at radius 1 is 1.38 bits per heavy atom. The number of imidazole rings is 1. The van der Waals surface area contributed by atoms with Gasteiger partial charge in [0.05, 0.1) is 18.1 Å². The highest BCUT2D eigenvalue weighted by atomic mass is 32.1. The molecule has 0 spiro atoms. The molecule has 2 aromatic heterocycles. The maximum atomic E-state index is 11.9. The van der Waals surface area contributed by atoms with Gasteiger partial charge in [-0.15, -0.1) is 11.3 Å². The number of methoxy groups -OCH3 is 1. The molecule has 0 bridgehead atoms. The highest BCUT2D eigenvalue weighted by Crippen LogP contribution is 2.26. The third kappa shape index (κ3) is 2.34. The van der Waals surface area contributed by atoms with Crippen molar-refractivity contribution < 1.29 is 9.53 Å². The number of benzene rings is 1. The van der Waals surface area contributed by atoms with E-state index in [2.05, 4.69) is 9.55 Å². The van der Waals surface area contributed by atoms with Crippen LogP contribution in [-0.4, -0.2) is 22.6 Å². The number of nitrogens with zero attached hydrogens (tertiary/aromatic N) is 2. The van der Waals surface area contributed by atoms with Crippen LogP contribution in [0.2, 0.25) is 0 Å². The molecule has 0 saturated heterocycles. The van der Waals surface area contributed by atoms with Gasteiger partial charge in [0, 0.05) is 13.5 Å². The van der Waals surface area contributed by atoms with Gasteiger partial charge in [-0.05, 0) is 35.6 Å². The molecule has 0 aliphatic heterocycles. The van der Waals surface area contributed by atoms with Crippen LogP contribution in [0.25, 0.3) is 11.0 Å². The molecule has 1 aromatic carbocycles. The minimum atomic E-state index is -0.276. The van der Waals surface area contributed by atoms with E-state index < -0.39 is 0 Å². The van der Waals surface area contributed by atoms with E-state index in [9.17, 15) is 4.79 Å². The summed E-state index contributed by atoms with van der Waals surface area (Å²) in [6, 6.07) is 8.03. The van der Waals surface area contributed by atoms with E-state index in [1.54, 1.807) is 0 Å². The number of rotatable bonds is 3. The van der Waals surface area contributed by atoms with Crippen molar-refractivity contribution in [3.05, 3.63) is 51.5 Å². The monoisotopic (exact) mass is 300 g/mol. The minimum Gasteiger partial charge on any atom is -0.465 e. The molecule has 0 aliphatic carbocycles. The van der Waals surface area contributed by atoms with Crippen LogP contribution in [0, 0.1) is 6.92 Å². The number of para-hydroxylation sites is 2. The Hall–Kier alpha value is -2.14. The normalized spacial score (nSPS) is 11.0. The first-order chi connectivity index (χ1) is 10.1. The van der Waals surface area contributed by atoms with E-state index in [0.29, 0.717) is 11.3 Å². The van der Waals surface area contributed by atoms with Crippen LogP contribution in [0.4, 0.5) is 0 Å². The van der Waals surface area contributed by atoms with Gasteiger partial charge in [0.15, 0.2) is 0 Å². The molecule has 0 N–H and O–H groups in total. The first-order valence-corrected chi connectivity index (χ1v) is 7.55. The van der Waals surface area contributed by atoms with Gasteiger partial charge in [0.25, 0.3) is 0 Å². The molecule has 4 nitrogen and oxygen atoms in total. The molecule has 0 radical (unpaired) electrons. The van der Waals surface area contributed by atoms with Crippen LogP contribution in [0.5, 0.6) is 0 Å². The Bertz CT molecular complexity index is 817. The summed E-state index contributed by atoms with van der Waals surface area (Å²) in [5.74, 6) is 0.671. The zero-order valence-electron chi connectivity index (χ0n) is 12.2. The molecule has 0 saturated carbocycles. The number of hydrogen-bond acceptors (Lipinski definition) is 4. The molecule has 0 unspecified atom stereocenters. The van der Waals surface area contributed by atoms with E-state index in [1.165, 1.54) is 18.4 Å². The Labute approximate surface area is 127 Å². The molecule has 0 atom stereocenters. The number of hydrogen-bond donors (Lipinski definition) is 0. The first kappa shape index (κ1) is 13.8. The van der Waals surface area contributed by atoms with Crippen LogP contribution in [0.15, 0.2) is 29.6 Å². The molecule has 0 fully saturated rings. The van der Waals surface area contributed by atoms with Crippen LogP contribution >= 0.6 is 11.3 Å². The van der Waals surface area contributed by atoms with E-state index in [1.807, 2.05) is 43.6 Å². The fraction of sp³-hybridized carbons (Fsp3) is 0.250. The summed E-state index contributed by atoms with van der Waals surface area (Å²) in [5.41, 5.74) is 4.18. The second kappa shape index (κ2) is 5.33. The molecular formula is C16H16N2O2S. The predicted molar refractivity (Wildman–Crippen MR) is 83.9 cm³/mol. The number of fused-ring (bicyclic) bond motifs is 1. The van der Waals surface area contributed by atoms with E-state index in [0.717, 1.165) is 28.0 Å². The molecule has 2 heterocycles. The number of carbonyl (C=O) groups is 1. The molecule has 3 rings (SSSR count). The van der Waals surface area contributed by atoms with Gasteiger partial charge in [0.1, 0.15) is 10.7 Å². The van der Waals surface area contributed by atoms with Gasteiger partial charge in [-0.3, -0.25) is 0 Å². The zero-order valence-corrected chi connectivity index (χ0v) is 13.0. The third-order valence-corrected chi connectivity index (χ3v) is 4.81. The maximum Gasteiger partial charge on any atom is 0.348 e. The van der Waals surface area contributed by atoms with E-state index in [4.69, 9.17) is 4.74 Å². The summed E-state index contributed by atoms with van der Waals surface area (Å²) < 4.78 is 6.94. The SMILES string of the molecule is COC(=O)c1scc(C)c1Cc1nc2ccccc2n1C. The van der Waals surface area contributed by atoms with Gasteiger partial charge < -0.3 is 9.30 Å². The van der Waals surface area contributed by atoms with Gasteiger partial charge in [-0.25, -0.2) is 9.78 Å². The Morgan fingerprint density at radius 2 is 2.14 bits per heavy atom. The highest BCUT2D eigenvalue weighted by molar-refractivity contribution is 7.12. The zero-order chi connectivity index (χ0) is 15.0. The minimum absolute atomic E-state index is 0.276. The molecule has 3 aromatic rings. The van der Waals surface area contributed by atoms with Gasteiger partial charge in [-0.1, -0.05) is 12.1 Å².